The number of hydrogen-bond acceptors (Lipinski definition) is 2. The number of H-pyrrole nitrogens is 1. The van der Waals surface area contributed by atoms with Crippen molar-refractivity contribution in [2.45, 2.75) is 25.4 Å². The van der Waals surface area contributed by atoms with Gasteiger partial charge in [-0.05, 0) is 67.6 Å². The molecule has 1 aliphatic rings. The molecule has 1 aromatic heterocycles. The van der Waals surface area contributed by atoms with Gasteiger partial charge in [0.15, 0.2) is 0 Å². The summed E-state index contributed by atoms with van der Waals surface area (Å²) in [4.78, 5) is 20.1. The van der Waals surface area contributed by atoms with Gasteiger partial charge in [-0.3, -0.25) is 4.79 Å². The number of aromatic amines is 1. The topological polar surface area (TPSA) is 39.3 Å². The molecule has 0 unspecified atom stereocenters. The first-order valence-corrected chi connectivity index (χ1v) is 11.0. The van der Waals surface area contributed by atoms with Gasteiger partial charge in [-0.25, -0.2) is 0 Å². The van der Waals surface area contributed by atoms with Gasteiger partial charge in [0.25, 0.3) is 5.91 Å². The fourth-order valence-corrected chi connectivity index (χ4v) is 4.57. The largest absolute Gasteiger partial charge is 0.416 e. The third-order valence-corrected chi connectivity index (χ3v) is 6.25. The fraction of sp³-hybridized carbons (Fsp3) is 0.400. The Morgan fingerprint density at radius 1 is 1.19 bits per heavy atom. The summed E-state index contributed by atoms with van der Waals surface area (Å²) in [7, 11) is 1.84. The third kappa shape index (κ3) is 5.33. The van der Waals surface area contributed by atoms with Crippen molar-refractivity contribution in [3.8, 4) is 0 Å². The minimum absolute atomic E-state index is 0.00851. The number of nitrogens with one attached hydrogen (secondary N) is 1. The van der Waals surface area contributed by atoms with Gasteiger partial charge in [0.05, 0.1) is 5.56 Å². The molecule has 1 fully saturated rings. The summed E-state index contributed by atoms with van der Waals surface area (Å²) in [5.41, 5.74) is 1.79. The molecule has 170 valence electrons. The Kier molecular flexibility index (Phi) is 6.55. The number of carbonyl (C=O) groups excluding carboxylic acids is 1. The third-order valence-electron chi connectivity index (χ3n) is 6.25. The first-order valence-electron chi connectivity index (χ1n) is 11.0. The second-order valence-electron chi connectivity index (χ2n) is 8.72. The maximum atomic E-state index is 12.9. The molecule has 1 saturated heterocycles. The Morgan fingerprint density at radius 3 is 2.84 bits per heavy atom. The molecule has 2 aromatic carbocycles. The summed E-state index contributed by atoms with van der Waals surface area (Å²) < 4.78 is 38.8. The lowest BCUT2D eigenvalue weighted by Gasteiger charge is -2.34. The number of likely N-dealkylation sites (tertiary alicyclic amines) is 1. The number of nitrogens with zero attached hydrogens (tertiary/aromatic N) is 2. The van der Waals surface area contributed by atoms with Crippen molar-refractivity contribution >= 4 is 16.8 Å². The van der Waals surface area contributed by atoms with Gasteiger partial charge < -0.3 is 14.8 Å². The summed E-state index contributed by atoms with van der Waals surface area (Å²) in [6, 6.07) is 13.2. The molecular formula is C25H28F3N3O. The molecule has 0 aliphatic carbocycles. The summed E-state index contributed by atoms with van der Waals surface area (Å²) in [6.45, 7) is 3.19. The van der Waals surface area contributed by atoms with E-state index in [1.807, 2.05) is 37.5 Å². The number of rotatable bonds is 6. The Morgan fingerprint density at radius 2 is 2.03 bits per heavy atom. The van der Waals surface area contributed by atoms with Crippen LogP contribution in [0.3, 0.4) is 0 Å². The number of amides is 1. The van der Waals surface area contributed by atoms with E-state index in [1.54, 1.807) is 11.0 Å². The molecule has 32 heavy (non-hydrogen) atoms. The Hall–Kier alpha value is -2.80. The van der Waals surface area contributed by atoms with Gasteiger partial charge in [-0.1, -0.05) is 18.2 Å². The number of hydrogen-bond donors (Lipinski definition) is 1. The second-order valence-corrected chi connectivity index (χ2v) is 8.72. The minimum atomic E-state index is -4.31. The quantitative estimate of drug-likeness (QED) is 0.568. The summed E-state index contributed by atoms with van der Waals surface area (Å²) in [5, 5.41) is 1.02. The van der Waals surface area contributed by atoms with Gasteiger partial charge in [0.1, 0.15) is 0 Å². The van der Waals surface area contributed by atoms with Crippen molar-refractivity contribution in [3.63, 3.8) is 0 Å². The van der Waals surface area contributed by atoms with E-state index in [2.05, 4.69) is 9.88 Å². The number of carbonyl (C=O) groups is 1. The van der Waals surface area contributed by atoms with Crippen LogP contribution in [0.2, 0.25) is 0 Å². The van der Waals surface area contributed by atoms with Gasteiger partial charge in [0.2, 0.25) is 0 Å². The lowest BCUT2D eigenvalue weighted by atomic mass is 9.96. The number of fused-ring (bicyclic) bond motifs is 1. The molecule has 4 nitrogen and oxygen atoms in total. The Labute approximate surface area is 186 Å². The predicted octanol–water partition coefficient (Wildman–Crippen LogP) is 5.21. The van der Waals surface area contributed by atoms with E-state index in [-0.39, 0.29) is 5.91 Å². The molecule has 1 amide bonds. The maximum Gasteiger partial charge on any atom is 0.416 e. The van der Waals surface area contributed by atoms with E-state index in [9.17, 15) is 18.0 Å². The van der Waals surface area contributed by atoms with E-state index in [0.29, 0.717) is 30.0 Å². The van der Waals surface area contributed by atoms with E-state index in [0.717, 1.165) is 49.4 Å². The smallest absolute Gasteiger partial charge is 0.361 e. The number of benzene rings is 2. The number of piperidine rings is 1. The first-order chi connectivity index (χ1) is 15.3. The minimum Gasteiger partial charge on any atom is -0.361 e. The number of halogens is 3. The second kappa shape index (κ2) is 9.36. The maximum absolute atomic E-state index is 12.9. The highest BCUT2D eigenvalue weighted by Gasteiger charge is 2.30. The molecular weight excluding hydrogens is 415 g/mol. The molecule has 2 heterocycles. The van der Waals surface area contributed by atoms with Crippen LogP contribution in [0, 0.1) is 5.92 Å². The highest BCUT2D eigenvalue weighted by molar-refractivity contribution is 5.97. The highest BCUT2D eigenvalue weighted by Crippen LogP contribution is 2.29. The lowest BCUT2D eigenvalue weighted by Crippen LogP contribution is -2.42. The van der Waals surface area contributed by atoms with E-state index in [4.69, 9.17) is 0 Å². The van der Waals surface area contributed by atoms with Crippen molar-refractivity contribution in [3.05, 3.63) is 71.4 Å². The van der Waals surface area contributed by atoms with Crippen LogP contribution < -0.4 is 0 Å². The molecule has 3 aromatic rings. The Bertz CT molecular complexity index is 1080. The monoisotopic (exact) mass is 443 g/mol. The normalized spacial score (nSPS) is 17.6. The van der Waals surface area contributed by atoms with E-state index >= 15 is 0 Å². The molecule has 0 bridgehead atoms. The molecule has 0 spiro atoms. The van der Waals surface area contributed by atoms with Crippen molar-refractivity contribution in [2.24, 2.45) is 5.92 Å². The zero-order chi connectivity index (χ0) is 22.7. The summed E-state index contributed by atoms with van der Waals surface area (Å²) >= 11 is 0. The SMILES string of the molecule is CN(C[C@H]1CCCN(CCc2cccc(C(F)(F)F)c2)C1)C(=O)c1ccc2[nH]ccc2c1. The zero-order valence-electron chi connectivity index (χ0n) is 18.2. The molecule has 1 atom stereocenters. The van der Waals surface area contributed by atoms with Gasteiger partial charge in [0, 0.05) is 49.3 Å². The summed E-state index contributed by atoms with van der Waals surface area (Å²) in [6.07, 6.45) is 0.217. The van der Waals surface area contributed by atoms with Crippen LogP contribution in [0.25, 0.3) is 10.9 Å². The molecule has 0 radical (unpaired) electrons. The molecule has 0 saturated carbocycles. The lowest BCUT2D eigenvalue weighted by molar-refractivity contribution is -0.137. The van der Waals surface area contributed by atoms with Crippen LogP contribution in [0.4, 0.5) is 13.2 Å². The number of aromatic nitrogens is 1. The van der Waals surface area contributed by atoms with E-state index in [1.165, 1.54) is 12.1 Å². The first kappa shape index (κ1) is 22.4. The molecule has 1 aliphatic heterocycles. The van der Waals surface area contributed by atoms with Gasteiger partial charge in [-0.2, -0.15) is 13.2 Å². The fourth-order valence-electron chi connectivity index (χ4n) is 4.57. The van der Waals surface area contributed by atoms with Gasteiger partial charge >= 0.3 is 6.18 Å². The van der Waals surface area contributed by atoms with Crippen LogP contribution in [-0.4, -0.2) is 53.9 Å². The highest BCUT2D eigenvalue weighted by atomic mass is 19.4. The summed E-state index contributed by atoms with van der Waals surface area (Å²) in [5.74, 6) is 0.365. The van der Waals surface area contributed by atoms with E-state index < -0.39 is 11.7 Å². The number of alkyl halides is 3. The molecule has 1 N–H and O–H groups in total. The molecule has 4 rings (SSSR count). The predicted molar refractivity (Wildman–Crippen MR) is 120 cm³/mol. The van der Waals surface area contributed by atoms with Crippen LogP contribution in [0.5, 0.6) is 0 Å². The zero-order valence-corrected chi connectivity index (χ0v) is 18.2. The van der Waals surface area contributed by atoms with Crippen molar-refractivity contribution in [1.29, 1.82) is 0 Å². The van der Waals surface area contributed by atoms with Crippen molar-refractivity contribution in [1.82, 2.24) is 14.8 Å². The van der Waals surface area contributed by atoms with Crippen molar-refractivity contribution in [2.75, 3.05) is 33.2 Å². The average Bonchev–Trinajstić information content (AvgIpc) is 3.25. The van der Waals surface area contributed by atoms with Crippen LogP contribution in [-0.2, 0) is 12.6 Å². The average molecular weight is 444 g/mol. The van der Waals surface area contributed by atoms with Crippen LogP contribution in [0.1, 0.15) is 34.3 Å². The standard InChI is InChI=1S/C25H28F3N3O/c1-30(24(32)21-7-8-23-20(15-21)9-11-29-23)16-19-5-3-12-31(17-19)13-10-18-4-2-6-22(14-18)25(26,27)28/h2,4,6-9,11,14-15,19,29H,3,5,10,12-13,16-17H2,1H3/t19-/m1/s1. The van der Waals surface area contributed by atoms with Crippen LogP contribution >= 0.6 is 0 Å². The van der Waals surface area contributed by atoms with Crippen LogP contribution in [0.15, 0.2) is 54.7 Å². The Balaban J connectivity index is 1.31. The van der Waals surface area contributed by atoms with Crippen molar-refractivity contribution < 1.29 is 18.0 Å². The molecule has 7 heteroatoms. The van der Waals surface area contributed by atoms with Gasteiger partial charge in [-0.15, -0.1) is 0 Å².